The van der Waals surface area contributed by atoms with E-state index in [0.29, 0.717) is 0 Å². The molecule has 1 aliphatic carbocycles. The molecule has 0 radical (unpaired) electrons. The molecule has 3 heteroatoms. The Bertz CT molecular complexity index is 205. The Balaban J connectivity index is 1.69. The third kappa shape index (κ3) is 2.27. The molecule has 2 rings (SSSR count). The van der Waals surface area contributed by atoms with Gasteiger partial charge in [0.05, 0.1) is 5.92 Å². The van der Waals surface area contributed by atoms with E-state index >= 15 is 0 Å². The van der Waals surface area contributed by atoms with E-state index in [4.69, 9.17) is 5.11 Å². The highest BCUT2D eigenvalue weighted by atomic mass is 16.4. The van der Waals surface area contributed by atoms with Gasteiger partial charge < -0.3 is 10.0 Å². The largest absolute Gasteiger partial charge is 0.481 e. The normalized spacial score (nSPS) is 33.7. The molecule has 1 saturated heterocycles. The van der Waals surface area contributed by atoms with Crippen molar-refractivity contribution in [1.29, 1.82) is 0 Å². The van der Waals surface area contributed by atoms with E-state index in [1.165, 1.54) is 26.1 Å². The summed E-state index contributed by atoms with van der Waals surface area (Å²) < 4.78 is 0. The van der Waals surface area contributed by atoms with Gasteiger partial charge in [-0.15, -0.1) is 0 Å². The van der Waals surface area contributed by atoms with Gasteiger partial charge in [0.1, 0.15) is 0 Å². The fraction of sp³-hybridized carbons (Fsp3) is 0.909. The predicted octanol–water partition coefficient (Wildman–Crippen LogP) is 1.58. The Morgan fingerprint density at radius 3 is 2.29 bits per heavy atom. The fourth-order valence-corrected chi connectivity index (χ4v) is 2.52. The summed E-state index contributed by atoms with van der Waals surface area (Å²) in [6.07, 6.45) is 5.38. The second kappa shape index (κ2) is 4.30. The fourth-order valence-electron chi connectivity index (χ4n) is 2.52. The molecule has 0 aromatic rings. The lowest BCUT2D eigenvalue weighted by Crippen LogP contribution is -2.41. The Morgan fingerprint density at radius 1 is 1.21 bits per heavy atom. The standard InChI is InChI=1S/C11H19NO2/c13-11(14)10-4-2-9(3-5-10)8-12-6-1-7-12/h9-10H,1-8H2,(H,13,14). The molecule has 3 nitrogen and oxygen atoms in total. The number of hydrogen-bond acceptors (Lipinski definition) is 2. The van der Waals surface area contributed by atoms with Crippen LogP contribution < -0.4 is 0 Å². The van der Waals surface area contributed by atoms with Crippen LogP contribution in [0, 0.1) is 11.8 Å². The first kappa shape index (κ1) is 9.97. The van der Waals surface area contributed by atoms with Crippen LogP contribution in [-0.2, 0) is 4.79 Å². The van der Waals surface area contributed by atoms with Crippen molar-refractivity contribution in [2.24, 2.45) is 11.8 Å². The molecule has 14 heavy (non-hydrogen) atoms. The van der Waals surface area contributed by atoms with Crippen LogP contribution in [0.1, 0.15) is 32.1 Å². The highest BCUT2D eigenvalue weighted by Gasteiger charge is 2.27. The Labute approximate surface area is 85.1 Å². The minimum atomic E-state index is -0.590. The molecule has 1 heterocycles. The lowest BCUT2D eigenvalue weighted by atomic mass is 9.81. The minimum absolute atomic E-state index is 0.0531. The molecule has 1 N–H and O–H groups in total. The van der Waals surface area contributed by atoms with Crippen molar-refractivity contribution in [2.75, 3.05) is 19.6 Å². The van der Waals surface area contributed by atoms with Crippen LogP contribution in [-0.4, -0.2) is 35.6 Å². The summed E-state index contributed by atoms with van der Waals surface area (Å²) in [4.78, 5) is 13.2. The van der Waals surface area contributed by atoms with Crippen molar-refractivity contribution in [3.05, 3.63) is 0 Å². The third-order valence-electron chi connectivity index (χ3n) is 3.66. The number of nitrogens with zero attached hydrogens (tertiary/aromatic N) is 1. The number of likely N-dealkylation sites (tertiary alicyclic amines) is 1. The second-order valence-electron chi connectivity index (χ2n) is 4.71. The van der Waals surface area contributed by atoms with Gasteiger partial charge >= 0.3 is 5.97 Å². The van der Waals surface area contributed by atoms with Crippen molar-refractivity contribution in [3.8, 4) is 0 Å². The highest BCUT2D eigenvalue weighted by molar-refractivity contribution is 5.69. The van der Waals surface area contributed by atoms with Crippen LogP contribution in [0.5, 0.6) is 0 Å². The van der Waals surface area contributed by atoms with E-state index in [9.17, 15) is 4.79 Å². The highest BCUT2D eigenvalue weighted by Crippen LogP contribution is 2.30. The molecule has 1 aliphatic heterocycles. The van der Waals surface area contributed by atoms with Crippen molar-refractivity contribution in [3.63, 3.8) is 0 Å². The van der Waals surface area contributed by atoms with E-state index in [-0.39, 0.29) is 5.92 Å². The number of carboxylic acid groups (broad SMARTS) is 1. The molecule has 2 fully saturated rings. The first-order valence-electron chi connectivity index (χ1n) is 5.71. The van der Waals surface area contributed by atoms with E-state index in [2.05, 4.69) is 4.90 Å². The number of rotatable bonds is 3. The molecule has 0 atom stereocenters. The summed E-state index contributed by atoms with van der Waals surface area (Å²) >= 11 is 0. The van der Waals surface area contributed by atoms with Gasteiger partial charge in [-0.25, -0.2) is 0 Å². The van der Waals surface area contributed by atoms with Gasteiger partial charge in [-0.3, -0.25) is 4.79 Å². The molecule has 0 amide bonds. The Kier molecular flexibility index (Phi) is 3.06. The summed E-state index contributed by atoms with van der Waals surface area (Å²) in [7, 11) is 0. The van der Waals surface area contributed by atoms with Crippen LogP contribution in [0.3, 0.4) is 0 Å². The average Bonchev–Trinajstić information content (AvgIpc) is 2.12. The van der Waals surface area contributed by atoms with E-state index in [0.717, 1.165) is 31.6 Å². The lowest BCUT2D eigenvalue weighted by molar-refractivity contribution is -0.143. The van der Waals surface area contributed by atoms with Gasteiger partial charge in [0.2, 0.25) is 0 Å². The quantitative estimate of drug-likeness (QED) is 0.746. The molecule has 0 spiro atoms. The molecular weight excluding hydrogens is 178 g/mol. The SMILES string of the molecule is O=C(O)C1CCC(CN2CCC2)CC1. The molecule has 0 unspecified atom stereocenters. The molecule has 0 bridgehead atoms. The number of hydrogen-bond donors (Lipinski definition) is 1. The number of carbonyl (C=O) groups is 1. The first-order chi connectivity index (χ1) is 6.75. The van der Waals surface area contributed by atoms with Crippen LogP contribution in [0.4, 0.5) is 0 Å². The summed E-state index contributed by atoms with van der Waals surface area (Å²) in [6.45, 7) is 3.74. The Morgan fingerprint density at radius 2 is 1.86 bits per heavy atom. The molecule has 2 aliphatic rings. The minimum Gasteiger partial charge on any atom is -0.481 e. The first-order valence-corrected chi connectivity index (χ1v) is 5.71. The van der Waals surface area contributed by atoms with Crippen molar-refractivity contribution in [1.82, 2.24) is 4.90 Å². The van der Waals surface area contributed by atoms with Crippen molar-refractivity contribution in [2.45, 2.75) is 32.1 Å². The van der Waals surface area contributed by atoms with Crippen molar-refractivity contribution < 1.29 is 9.90 Å². The zero-order chi connectivity index (χ0) is 9.97. The van der Waals surface area contributed by atoms with Gasteiger partial charge in [0.25, 0.3) is 0 Å². The predicted molar refractivity (Wildman–Crippen MR) is 54.1 cm³/mol. The van der Waals surface area contributed by atoms with Gasteiger partial charge in [-0.2, -0.15) is 0 Å². The summed E-state index contributed by atoms with van der Waals surface area (Å²) in [5, 5.41) is 8.85. The van der Waals surface area contributed by atoms with E-state index < -0.39 is 5.97 Å². The van der Waals surface area contributed by atoms with Crippen LogP contribution >= 0.6 is 0 Å². The van der Waals surface area contributed by atoms with Gasteiger partial charge in [-0.1, -0.05) is 0 Å². The third-order valence-corrected chi connectivity index (χ3v) is 3.66. The zero-order valence-electron chi connectivity index (χ0n) is 8.61. The molecule has 0 aromatic carbocycles. The van der Waals surface area contributed by atoms with Crippen LogP contribution in [0.15, 0.2) is 0 Å². The van der Waals surface area contributed by atoms with Gasteiger partial charge in [-0.05, 0) is 51.1 Å². The Hall–Kier alpha value is -0.570. The monoisotopic (exact) mass is 197 g/mol. The maximum absolute atomic E-state index is 10.7. The van der Waals surface area contributed by atoms with E-state index in [1.807, 2.05) is 0 Å². The molecular formula is C11H19NO2. The summed E-state index contributed by atoms with van der Waals surface area (Å²) in [6, 6.07) is 0. The molecule has 80 valence electrons. The van der Waals surface area contributed by atoms with Gasteiger partial charge in [0.15, 0.2) is 0 Å². The molecule has 0 aromatic heterocycles. The van der Waals surface area contributed by atoms with E-state index in [1.54, 1.807) is 0 Å². The summed E-state index contributed by atoms with van der Waals surface area (Å²) in [5.41, 5.74) is 0. The van der Waals surface area contributed by atoms with Crippen LogP contribution in [0.25, 0.3) is 0 Å². The smallest absolute Gasteiger partial charge is 0.306 e. The topological polar surface area (TPSA) is 40.5 Å². The number of carboxylic acids is 1. The number of aliphatic carboxylic acids is 1. The average molecular weight is 197 g/mol. The maximum atomic E-state index is 10.7. The van der Waals surface area contributed by atoms with Crippen molar-refractivity contribution >= 4 is 5.97 Å². The lowest BCUT2D eigenvalue weighted by Gasteiger charge is -2.36. The van der Waals surface area contributed by atoms with Gasteiger partial charge in [0, 0.05) is 6.54 Å². The maximum Gasteiger partial charge on any atom is 0.306 e. The second-order valence-corrected chi connectivity index (χ2v) is 4.71. The zero-order valence-corrected chi connectivity index (χ0v) is 8.61. The molecule has 1 saturated carbocycles. The van der Waals surface area contributed by atoms with Crippen LogP contribution in [0.2, 0.25) is 0 Å². The summed E-state index contributed by atoms with van der Waals surface area (Å²) in [5.74, 6) is 0.126.